The van der Waals surface area contributed by atoms with Crippen molar-refractivity contribution in [3.05, 3.63) is 35.6 Å². The monoisotopic (exact) mass is 285 g/mol. The van der Waals surface area contributed by atoms with E-state index in [1.165, 1.54) is 6.07 Å². The normalized spacial score (nSPS) is 12.6. The lowest BCUT2D eigenvalue weighted by molar-refractivity contribution is 0.00659. The Morgan fingerprint density at radius 2 is 2.00 bits per heavy atom. The van der Waals surface area contributed by atoms with Gasteiger partial charge in [-0.25, -0.2) is 4.39 Å². The van der Waals surface area contributed by atoms with E-state index in [4.69, 9.17) is 9.47 Å². The number of hydrogen-bond donors (Lipinski definition) is 2. The van der Waals surface area contributed by atoms with Crippen LogP contribution in [0.3, 0.4) is 0 Å². The second-order valence-corrected chi connectivity index (χ2v) is 4.47. The number of rotatable bonds is 11. The second kappa shape index (κ2) is 10.7. The molecule has 0 saturated carbocycles. The Bertz CT molecular complexity index is 363. The highest BCUT2D eigenvalue weighted by Gasteiger charge is 2.04. The predicted octanol–water partition coefficient (Wildman–Crippen LogP) is 1.37. The van der Waals surface area contributed by atoms with E-state index in [1.807, 2.05) is 13.0 Å². The molecule has 1 unspecified atom stereocenters. The molecular weight excluding hydrogens is 261 g/mol. The van der Waals surface area contributed by atoms with E-state index in [1.54, 1.807) is 12.1 Å². The minimum atomic E-state index is -0.558. The lowest BCUT2D eigenvalue weighted by Crippen LogP contribution is -2.32. The van der Waals surface area contributed by atoms with Gasteiger partial charge in [-0.05, 0) is 31.5 Å². The van der Waals surface area contributed by atoms with E-state index in [9.17, 15) is 9.50 Å². The van der Waals surface area contributed by atoms with Gasteiger partial charge < -0.3 is 19.9 Å². The highest BCUT2D eigenvalue weighted by atomic mass is 19.1. The molecule has 0 aromatic heterocycles. The summed E-state index contributed by atoms with van der Waals surface area (Å²) in [5.74, 6) is -0.186. The molecule has 0 aliphatic rings. The summed E-state index contributed by atoms with van der Waals surface area (Å²) in [7, 11) is 0. The summed E-state index contributed by atoms with van der Waals surface area (Å²) in [6, 6.07) is 6.72. The maximum atomic E-state index is 13.3. The average molecular weight is 285 g/mol. The van der Waals surface area contributed by atoms with Crippen molar-refractivity contribution in [1.82, 2.24) is 5.32 Å². The molecule has 2 N–H and O–H groups in total. The summed E-state index contributed by atoms with van der Waals surface area (Å²) in [6.45, 7) is 4.96. The van der Waals surface area contributed by atoms with Crippen molar-refractivity contribution in [1.29, 1.82) is 0 Å². The van der Waals surface area contributed by atoms with Gasteiger partial charge in [-0.1, -0.05) is 18.2 Å². The molecule has 20 heavy (non-hydrogen) atoms. The first-order valence-corrected chi connectivity index (χ1v) is 7.01. The molecule has 5 heteroatoms. The fraction of sp³-hybridized carbons (Fsp3) is 0.600. The average Bonchev–Trinajstić information content (AvgIpc) is 2.45. The molecule has 1 rings (SSSR count). The maximum absolute atomic E-state index is 13.3. The summed E-state index contributed by atoms with van der Waals surface area (Å²) in [6.07, 6.45) is 0.0437. The van der Waals surface area contributed by atoms with Crippen LogP contribution in [0.25, 0.3) is 0 Å². The lowest BCUT2D eigenvalue weighted by atomic mass is 10.1. The van der Waals surface area contributed by atoms with Crippen molar-refractivity contribution in [2.24, 2.45) is 0 Å². The SMILES string of the molecule is CCOCCOCC(O)CNCCc1ccccc1F. The quantitative estimate of drug-likeness (QED) is 0.603. The van der Waals surface area contributed by atoms with E-state index in [2.05, 4.69) is 5.32 Å². The molecule has 0 aliphatic carbocycles. The van der Waals surface area contributed by atoms with Crippen LogP contribution in [0.5, 0.6) is 0 Å². The molecule has 0 spiro atoms. The fourth-order valence-corrected chi connectivity index (χ4v) is 1.73. The van der Waals surface area contributed by atoms with E-state index in [-0.39, 0.29) is 12.4 Å². The Hall–Kier alpha value is -1.01. The molecule has 0 heterocycles. The van der Waals surface area contributed by atoms with Crippen LogP contribution in [-0.2, 0) is 15.9 Å². The van der Waals surface area contributed by atoms with E-state index in [0.29, 0.717) is 44.9 Å². The van der Waals surface area contributed by atoms with Crippen molar-refractivity contribution in [3.8, 4) is 0 Å². The predicted molar refractivity (Wildman–Crippen MR) is 76.3 cm³/mol. The zero-order valence-corrected chi connectivity index (χ0v) is 12.0. The van der Waals surface area contributed by atoms with Crippen LogP contribution in [0.4, 0.5) is 4.39 Å². The molecule has 1 aromatic carbocycles. The number of ether oxygens (including phenoxy) is 2. The first kappa shape index (κ1) is 17.0. The first-order chi connectivity index (χ1) is 9.74. The minimum Gasteiger partial charge on any atom is -0.389 e. The van der Waals surface area contributed by atoms with Gasteiger partial charge >= 0.3 is 0 Å². The van der Waals surface area contributed by atoms with E-state index in [0.717, 1.165) is 0 Å². The Morgan fingerprint density at radius 1 is 1.25 bits per heavy atom. The highest BCUT2D eigenvalue weighted by molar-refractivity contribution is 5.17. The molecule has 0 bridgehead atoms. The molecule has 0 amide bonds. The van der Waals surface area contributed by atoms with Gasteiger partial charge in [0, 0.05) is 13.2 Å². The van der Waals surface area contributed by atoms with Gasteiger partial charge in [0.1, 0.15) is 5.82 Å². The molecule has 4 nitrogen and oxygen atoms in total. The summed E-state index contributed by atoms with van der Waals surface area (Å²) in [4.78, 5) is 0. The van der Waals surface area contributed by atoms with E-state index >= 15 is 0 Å². The Morgan fingerprint density at radius 3 is 2.75 bits per heavy atom. The maximum Gasteiger partial charge on any atom is 0.126 e. The largest absolute Gasteiger partial charge is 0.389 e. The van der Waals surface area contributed by atoms with E-state index < -0.39 is 6.10 Å². The molecule has 0 radical (unpaired) electrons. The summed E-state index contributed by atoms with van der Waals surface area (Å²) < 4.78 is 23.7. The Balaban J connectivity index is 2.02. The van der Waals surface area contributed by atoms with Gasteiger partial charge in [-0.3, -0.25) is 0 Å². The molecular formula is C15H24FNO3. The van der Waals surface area contributed by atoms with Crippen molar-refractivity contribution < 1.29 is 19.0 Å². The third-order valence-corrected chi connectivity index (χ3v) is 2.80. The molecule has 114 valence electrons. The summed E-state index contributed by atoms with van der Waals surface area (Å²) >= 11 is 0. The third kappa shape index (κ3) is 7.55. The van der Waals surface area contributed by atoms with Crippen molar-refractivity contribution >= 4 is 0 Å². The van der Waals surface area contributed by atoms with Crippen molar-refractivity contribution in [2.75, 3.05) is 39.5 Å². The van der Waals surface area contributed by atoms with Crippen LogP contribution in [0, 0.1) is 5.82 Å². The second-order valence-electron chi connectivity index (χ2n) is 4.47. The zero-order valence-electron chi connectivity index (χ0n) is 12.0. The van der Waals surface area contributed by atoms with Gasteiger partial charge in [-0.2, -0.15) is 0 Å². The Labute approximate surface area is 119 Å². The zero-order chi connectivity index (χ0) is 14.6. The number of aliphatic hydroxyl groups is 1. The molecule has 0 saturated heterocycles. The van der Waals surface area contributed by atoms with Gasteiger partial charge in [0.15, 0.2) is 0 Å². The number of hydrogen-bond acceptors (Lipinski definition) is 4. The molecule has 0 fully saturated rings. The summed E-state index contributed by atoms with van der Waals surface area (Å²) in [5.41, 5.74) is 0.683. The van der Waals surface area contributed by atoms with Crippen molar-refractivity contribution in [2.45, 2.75) is 19.4 Å². The highest BCUT2D eigenvalue weighted by Crippen LogP contribution is 2.05. The van der Waals surface area contributed by atoms with Gasteiger partial charge in [0.05, 0.1) is 25.9 Å². The Kier molecular flexibility index (Phi) is 9.15. The van der Waals surface area contributed by atoms with Crippen LogP contribution < -0.4 is 5.32 Å². The van der Waals surface area contributed by atoms with Crippen LogP contribution in [0.1, 0.15) is 12.5 Å². The fourth-order valence-electron chi connectivity index (χ4n) is 1.73. The van der Waals surface area contributed by atoms with Crippen molar-refractivity contribution in [3.63, 3.8) is 0 Å². The lowest BCUT2D eigenvalue weighted by Gasteiger charge is -2.12. The third-order valence-electron chi connectivity index (χ3n) is 2.80. The molecule has 0 aliphatic heterocycles. The van der Waals surface area contributed by atoms with Crippen LogP contribution >= 0.6 is 0 Å². The van der Waals surface area contributed by atoms with Gasteiger partial charge in [-0.15, -0.1) is 0 Å². The number of aliphatic hydroxyl groups excluding tert-OH is 1. The number of nitrogens with one attached hydrogen (secondary N) is 1. The topological polar surface area (TPSA) is 50.7 Å². The standard InChI is InChI=1S/C15H24FNO3/c1-2-19-9-10-20-12-14(18)11-17-8-7-13-5-3-4-6-15(13)16/h3-6,14,17-18H,2,7-12H2,1H3. The number of benzene rings is 1. The summed E-state index contributed by atoms with van der Waals surface area (Å²) in [5, 5.41) is 12.7. The molecule has 1 atom stereocenters. The van der Waals surface area contributed by atoms with Gasteiger partial charge in [0.25, 0.3) is 0 Å². The van der Waals surface area contributed by atoms with Crippen LogP contribution in [0.15, 0.2) is 24.3 Å². The van der Waals surface area contributed by atoms with Crippen LogP contribution in [0.2, 0.25) is 0 Å². The van der Waals surface area contributed by atoms with Gasteiger partial charge in [0.2, 0.25) is 0 Å². The smallest absolute Gasteiger partial charge is 0.126 e. The van der Waals surface area contributed by atoms with Crippen LogP contribution in [-0.4, -0.2) is 50.7 Å². The first-order valence-electron chi connectivity index (χ1n) is 7.01. The minimum absolute atomic E-state index is 0.186. The number of halogens is 1. The molecule has 1 aromatic rings.